The Morgan fingerprint density at radius 3 is 2.26 bits per heavy atom. The Balaban J connectivity index is 1.94. The quantitative estimate of drug-likeness (QED) is 0.634. The van der Waals surface area contributed by atoms with Crippen molar-refractivity contribution in [2.75, 3.05) is 18.5 Å². The SMILES string of the molecule is O=C=Nc1ccc(Cc2ccc(NC(=O)OCCO)cc2)cc1. The van der Waals surface area contributed by atoms with Gasteiger partial charge in [-0.25, -0.2) is 9.59 Å². The molecule has 118 valence electrons. The molecule has 0 spiro atoms. The first-order valence-corrected chi connectivity index (χ1v) is 7.01. The number of nitrogens with zero attached hydrogens (tertiary/aromatic N) is 1. The maximum Gasteiger partial charge on any atom is 0.411 e. The molecule has 0 heterocycles. The van der Waals surface area contributed by atoms with Gasteiger partial charge in [-0.2, -0.15) is 4.99 Å². The number of ether oxygens (including phenoxy) is 1. The van der Waals surface area contributed by atoms with E-state index in [4.69, 9.17) is 9.84 Å². The van der Waals surface area contributed by atoms with Crippen LogP contribution in [0.15, 0.2) is 53.5 Å². The van der Waals surface area contributed by atoms with Gasteiger partial charge in [-0.1, -0.05) is 24.3 Å². The van der Waals surface area contributed by atoms with E-state index in [2.05, 4.69) is 10.3 Å². The monoisotopic (exact) mass is 312 g/mol. The molecule has 0 radical (unpaired) electrons. The number of carbonyl (C=O) groups excluding carboxylic acids is 2. The summed E-state index contributed by atoms with van der Waals surface area (Å²) in [6.45, 7) is -0.239. The second-order valence-corrected chi connectivity index (χ2v) is 4.73. The fourth-order valence-electron chi connectivity index (χ4n) is 1.97. The summed E-state index contributed by atoms with van der Waals surface area (Å²) < 4.78 is 4.72. The third-order valence-corrected chi connectivity index (χ3v) is 3.04. The summed E-state index contributed by atoms with van der Waals surface area (Å²) in [6, 6.07) is 14.7. The zero-order valence-electron chi connectivity index (χ0n) is 12.4. The maximum absolute atomic E-state index is 11.4. The van der Waals surface area contributed by atoms with Crippen molar-refractivity contribution in [3.05, 3.63) is 59.7 Å². The lowest BCUT2D eigenvalue weighted by atomic mass is 10.0. The van der Waals surface area contributed by atoms with Crippen molar-refractivity contribution in [1.29, 1.82) is 0 Å². The minimum atomic E-state index is -0.599. The number of hydrogen-bond acceptors (Lipinski definition) is 5. The van der Waals surface area contributed by atoms with Gasteiger partial charge in [0.05, 0.1) is 12.3 Å². The minimum Gasteiger partial charge on any atom is -0.447 e. The largest absolute Gasteiger partial charge is 0.447 e. The Bertz CT molecular complexity index is 690. The summed E-state index contributed by atoms with van der Waals surface area (Å²) in [5.74, 6) is 0. The van der Waals surface area contributed by atoms with Crippen LogP contribution in [0.4, 0.5) is 16.2 Å². The molecule has 0 aliphatic rings. The number of hydrogen-bond donors (Lipinski definition) is 2. The molecule has 0 bridgehead atoms. The smallest absolute Gasteiger partial charge is 0.411 e. The standard InChI is InChI=1S/C17H16N2O4/c20-9-10-23-17(22)19-16-7-3-14(4-8-16)11-13-1-5-15(6-2-13)18-12-21/h1-8,20H,9-11H2,(H,19,22). The van der Waals surface area contributed by atoms with Crippen molar-refractivity contribution in [3.8, 4) is 0 Å². The van der Waals surface area contributed by atoms with E-state index < -0.39 is 6.09 Å². The highest BCUT2D eigenvalue weighted by Gasteiger charge is 2.03. The number of benzene rings is 2. The highest BCUT2D eigenvalue weighted by Crippen LogP contribution is 2.17. The molecule has 23 heavy (non-hydrogen) atoms. The van der Waals surface area contributed by atoms with Crippen LogP contribution in [-0.4, -0.2) is 30.5 Å². The van der Waals surface area contributed by atoms with Gasteiger partial charge in [0.2, 0.25) is 6.08 Å². The summed E-state index contributed by atoms with van der Waals surface area (Å²) >= 11 is 0. The van der Waals surface area contributed by atoms with Gasteiger partial charge in [-0.3, -0.25) is 5.32 Å². The predicted octanol–water partition coefficient (Wildman–Crippen LogP) is 2.79. The van der Waals surface area contributed by atoms with Gasteiger partial charge >= 0.3 is 6.09 Å². The molecule has 2 aromatic rings. The van der Waals surface area contributed by atoms with Crippen molar-refractivity contribution in [3.63, 3.8) is 0 Å². The zero-order valence-corrected chi connectivity index (χ0v) is 12.4. The topological polar surface area (TPSA) is 88.0 Å². The lowest BCUT2D eigenvalue weighted by molar-refractivity contribution is 0.131. The van der Waals surface area contributed by atoms with Gasteiger partial charge in [-0.15, -0.1) is 0 Å². The van der Waals surface area contributed by atoms with E-state index in [1.807, 2.05) is 24.3 Å². The van der Waals surface area contributed by atoms with Crippen LogP contribution in [0, 0.1) is 0 Å². The molecule has 0 saturated heterocycles. The fourth-order valence-corrected chi connectivity index (χ4v) is 1.97. The highest BCUT2D eigenvalue weighted by atomic mass is 16.6. The van der Waals surface area contributed by atoms with Crippen LogP contribution in [0.1, 0.15) is 11.1 Å². The lowest BCUT2D eigenvalue weighted by Crippen LogP contribution is -2.15. The molecule has 6 heteroatoms. The molecule has 0 saturated carbocycles. The molecule has 0 aromatic heterocycles. The van der Waals surface area contributed by atoms with Crippen LogP contribution in [0.5, 0.6) is 0 Å². The molecule has 0 unspecified atom stereocenters. The van der Waals surface area contributed by atoms with E-state index in [0.717, 1.165) is 17.5 Å². The Morgan fingerprint density at radius 2 is 1.70 bits per heavy atom. The van der Waals surface area contributed by atoms with Crippen molar-refractivity contribution >= 4 is 23.5 Å². The van der Waals surface area contributed by atoms with Crippen LogP contribution in [-0.2, 0) is 16.0 Å². The average molecular weight is 312 g/mol. The minimum absolute atomic E-state index is 0.0337. The van der Waals surface area contributed by atoms with Gasteiger partial charge in [0.15, 0.2) is 0 Å². The van der Waals surface area contributed by atoms with Gasteiger partial charge < -0.3 is 9.84 Å². The molecule has 2 rings (SSSR count). The van der Waals surface area contributed by atoms with Crippen molar-refractivity contribution in [2.45, 2.75) is 6.42 Å². The first-order chi connectivity index (χ1) is 11.2. The summed E-state index contributed by atoms with van der Waals surface area (Å²) in [5.41, 5.74) is 3.35. The summed E-state index contributed by atoms with van der Waals surface area (Å²) in [5, 5.41) is 11.1. The number of aliphatic hydroxyl groups is 1. The average Bonchev–Trinajstić information content (AvgIpc) is 2.57. The van der Waals surface area contributed by atoms with Crippen LogP contribution in [0.3, 0.4) is 0 Å². The molecule has 0 aliphatic heterocycles. The number of carbonyl (C=O) groups is 1. The van der Waals surface area contributed by atoms with E-state index in [0.29, 0.717) is 11.4 Å². The summed E-state index contributed by atoms with van der Waals surface area (Å²) in [4.78, 5) is 25.1. The number of isocyanates is 1. The molecular weight excluding hydrogens is 296 g/mol. The molecular formula is C17H16N2O4. The van der Waals surface area contributed by atoms with Crippen molar-refractivity contribution in [1.82, 2.24) is 0 Å². The first-order valence-electron chi connectivity index (χ1n) is 7.01. The van der Waals surface area contributed by atoms with Gasteiger partial charge in [0, 0.05) is 5.69 Å². The van der Waals surface area contributed by atoms with Crippen LogP contribution in [0.25, 0.3) is 0 Å². The van der Waals surface area contributed by atoms with E-state index in [1.165, 1.54) is 6.08 Å². The second-order valence-electron chi connectivity index (χ2n) is 4.73. The number of rotatable bonds is 6. The van der Waals surface area contributed by atoms with Gasteiger partial charge in [-0.05, 0) is 41.8 Å². The zero-order chi connectivity index (χ0) is 16.5. The van der Waals surface area contributed by atoms with E-state index in [-0.39, 0.29) is 13.2 Å². The van der Waals surface area contributed by atoms with E-state index >= 15 is 0 Å². The van der Waals surface area contributed by atoms with E-state index in [9.17, 15) is 9.59 Å². The molecule has 0 atom stereocenters. The predicted molar refractivity (Wildman–Crippen MR) is 85.5 cm³/mol. The fraction of sp³-hybridized carbons (Fsp3) is 0.176. The molecule has 1 amide bonds. The Kier molecular flexibility index (Phi) is 6.06. The van der Waals surface area contributed by atoms with Gasteiger partial charge in [0.1, 0.15) is 6.61 Å². The number of aliphatic hydroxyl groups excluding tert-OH is 1. The molecule has 6 nitrogen and oxygen atoms in total. The van der Waals surface area contributed by atoms with Crippen molar-refractivity contribution < 1.29 is 19.4 Å². The molecule has 2 N–H and O–H groups in total. The van der Waals surface area contributed by atoms with Gasteiger partial charge in [0.25, 0.3) is 0 Å². The van der Waals surface area contributed by atoms with E-state index in [1.54, 1.807) is 24.3 Å². The molecule has 0 aliphatic carbocycles. The molecule has 0 fully saturated rings. The Morgan fingerprint density at radius 1 is 1.09 bits per heavy atom. The highest BCUT2D eigenvalue weighted by molar-refractivity contribution is 5.84. The summed E-state index contributed by atoms with van der Waals surface area (Å²) in [6.07, 6.45) is 1.63. The number of nitrogens with one attached hydrogen (secondary N) is 1. The molecule has 2 aromatic carbocycles. The Labute approximate surface area is 133 Å². The first kappa shape index (κ1) is 16.4. The van der Waals surface area contributed by atoms with Crippen molar-refractivity contribution in [2.24, 2.45) is 4.99 Å². The van der Waals surface area contributed by atoms with Crippen LogP contribution < -0.4 is 5.32 Å². The summed E-state index contributed by atoms with van der Waals surface area (Å²) in [7, 11) is 0. The number of anilines is 1. The van der Waals surface area contributed by atoms with Crippen LogP contribution >= 0.6 is 0 Å². The Hall–Kier alpha value is -2.95. The normalized spacial score (nSPS) is 9.78. The second kappa shape index (κ2) is 8.48. The third kappa shape index (κ3) is 5.39. The maximum atomic E-state index is 11.4. The third-order valence-electron chi connectivity index (χ3n) is 3.04. The van der Waals surface area contributed by atoms with Crippen LogP contribution in [0.2, 0.25) is 0 Å². The number of amides is 1. The lowest BCUT2D eigenvalue weighted by Gasteiger charge is -2.07. The number of aliphatic imine (C=N–C) groups is 1.